The zero-order valence-corrected chi connectivity index (χ0v) is 20.1. The zero-order valence-electron chi connectivity index (χ0n) is 20.1. The molecule has 0 aromatic heterocycles. The fourth-order valence-corrected chi connectivity index (χ4v) is 3.98. The van der Waals surface area contributed by atoms with Crippen LogP contribution in [0.2, 0.25) is 0 Å². The lowest BCUT2D eigenvalue weighted by Gasteiger charge is -2.23. The first kappa shape index (κ1) is 26.7. The molecule has 0 bridgehead atoms. The van der Waals surface area contributed by atoms with Gasteiger partial charge in [-0.15, -0.1) is 0 Å². The Balaban J connectivity index is 1.63. The number of carbonyl (C=O) groups is 4. The Bertz CT molecular complexity index is 1050. The summed E-state index contributed by atoms with van der Waals surface area (Å²) in [6.07, 6.45) is 1.79. The molecule has 3 rings (SSSR count). The first-order valence-electron chi connectivity index (χ1n) is 11.9. The highest BCUT2D eigenvalue weighted by atomic mass is 16.4. The Morgan fingerprint density at radius 3 is 2.14 bits per heavy atom. The Morgan fingerprint density at radius 1 is 0.889 bits per heavy atom. The summed E-state index contributed by atoms with van der Waals surface area (Å²) in [5.41, 5.74) is 1.46. The van der Waals surface area contributed by atoms with Crippen LogP contribution in [0, 0.1) is 0 Å². The van der Waals surface area contributed by atoms with E-state index in [1.807, 2.05) is 30.3 Å². The molecular weight excluding hydrogens is 464 g/mol. The van der Waals surface area contributed by atoms with Gasteiger partial charge in [0.05, 0.1) is 6.04 Å². The van der Waals surface area contributed by atoms with E-state index in [1.54, 1.807) is 12.1 Å². The molecule has 1 aliphatic heterocycles. The van der Waals surface area contributed by atoms with Gasteiger partial charge in [0.2, 0.25) is 17.7 Å². The number of phenols is 1. The molecule has 192 valence electrons. The number of nitrogens with one attached hydrogen (secondary N) is 4. The van der Waals surface area contributed by atoms with Crippen LogP contribution >= 0.6 is 0 Å². The molecule has 10 heteroatoms. The topological polar surface area (TPSA) is 157 Å². The average Bonchev–Trinajstić information content (AvgIpc) is 3.40. The molecule has 0 aliphatic carbocycles. The van der Waals surface area contributed by atoms with Crippen LogP contribution in [0.25, 0.3) is 0 Å². The molecule has 1 saturated heterocycles. The molecule has 4 atom stereocenters. The van der Waals surface area contributed by atoms with Gasteiger partial charge in [0.15, 0.2) is 0 Å². The number of carboxylic acid groups (broad SMARTS) is 1. The predicted molar refractivity (Wildman–Crippen MR) is 132 cm³/mol. The molecule has 0 radical (unpaired) electrons. The number of carboxylic acids is 1. The minimum absolute atomic E-state index is 0.00307. The van der Waals surface area contributed by atoms with Gasteiger partial charge in [0, 0.05) is 12.8 Å². The molecule has 4 unspecified atom stereocenters. The normalized spacial score (nSPS) is 17.4. The quantitative estimate of drug-likeness (QED) is 0.264. The number of phenolic OH excluding ortho intramolecular Hbond substituents is 1. The summed E-state index contributed by atoms with van der Waals surface area (Å²) in [5.74, 6) is -2.67. The maximum atomic E-state index is 13.1. The van der Waals surface area contributed by atoms with Crippen LogP contribution in [-0.2, 0) is 32.0 Å². The van der Waals surface area contributed by atoms with E-state index in [0.717, 1.165) is 18.5 Å². The Morgan fingerprint density at radius 2 is 1.53 bits per heavy atom. The molecule has 3 amide bonds. The van der Waals surface area contributed by atoms with Crippen LogP contribution in [0.1, 0.15) is 30.9 Å². The molecule has 6 N–H and O–H groups in total. The maximum absolute atomic E-state index is 13.1. The first-order valence-corrected chi connectivity index (χ1v) is 11.9. The number of carbonyl (C=O) groups excluding carboxylic acids is 3. The molecule has 2 aromatic rings. The predicted octanol–water partition coefficient (Wildman–Crippen LogP) is 0.488. The summed E-state index contributed by atoms with van der Waals surface area (Å²) in [6.45, 7) is 2.19. The van der Waals surface area contributed by atoms with E-state index in [0.29, 0.717) is 12.0 Å². The molecule has 1 heterocycles. The minimum Gasteiger partial charge on any atom is -0.508 e. The third-order valence-corrected chi connectivity index (χ3v) is 6.04. The lowest BCUT2D eigenvalue weighted by Crippen LogP contribution is -2.57. The van der Waals surface area contributed by atoms with Crippen molar-refractivity contribution in [2.45, 2.75) is 56.8 Å². The second-order valence-electron chi connectivity index (χ2n) is 8.90. The van der Waals surface area contributed by atoms with E-state index < -0.39 is 35.9 Å². The van der Waals surface area contributed by atoms with E-state index in [9.17, 15) is 29.4 Å². The summed E-state index contributed by atoms with van der Waals surface area (Å²) < 4.78 is 0. The number of rotatable bonds is 11. The molecule has 0 saturated carbocycles. The van der Waals surface area contributed by atoms with Gasteiger partial charge in [-0.05, 0) is 49.6 Å². The fourth-order valence-electron chi connectivity index (χ4n) is 3.98. The summed E-state index contributed by atoms with van der Waals surface area (Å²) >= 11 is 0. The second-order valence-corrected chi connectivity index (χ2v) is 8.90. The third-order valence-electron chi connectivity index (χ3n) is 6.04. The van der Waals surface area contributed by atoms with Gasteiger partial charge in [0.25, 0.3) is 0 Å². The first-order chi connectivity index (χ1) is 17.2. The number of amides is 3. The Kier molecular flexibility index (Phi) is 9.40. The monoisotopic (exact) mass is 496 g/mol. The molecule has 1 fully saturated rings. The largest absolute Gasteiger partial charge is 0.508 e. The number of hydrogen-bond donors (Lipinski definition) is 6. The van der Waals surface area contributed by atoms with Crippen LogP contribution in [0.4, 0.5) is 0 Å². The van der Waals surface area contributed by atoms with Crippen molar-refractivity contribution in [3.05, 3.63) is 65.7 Å². The van der Waals surface area contributed by atoms with Crippen molar-refractivity contribution in [2.24, 2.45) is 0 Å². The van der Waals surface area contributed by atoms with Gasteiger partial charge in [-0.2, -0.15) is 0 Å². The van der Waals surface area contributed by atoms with Gasteiger partial charge < -0.3 is 31.5 Å². The minimum atomic E-state index is -1.23. The standard InChI is InChI=1S/C26H32N4O6/c1-16(23(32)30-22(26(35)36)15-18-9-11-19(31)12-10-18)28-25(34)21(14-17-6-3-2-4-7-17)29-24(33)20-8-5-13-27-20/h2-4,6-7,9-12,16,20-22,27,31H,5,8,13-15H2,1H3,(H,28,34)(H,29,33)(H,30,32)(H,35,36). The average molecular weight is 497 g/mol. The van der Waals surface area contributed by atoms with Gasteiger partial charge in [-0.3, -0.25) is 14.4 Å². The van der Waals surface area contributed by atoms with Crippen molar-refractivity contribution in [1.82, 2.24) is 21.3 Å². The van der Waals surface area contributed by atoms with E-state index in [1.165, 1.54) is 19.1 Å². The third kappa shape index (κ3) is 7.81. The Labute approximate surface area is 209 Å². The van der Waals surface area contributed by atoms with Crippen molar-refractivity contribution < 1.29 is 29.4 Å². The summed E-state index contributed by atoms with van der Waals surface area (Å²) in [5, 5.41) is 29.9. The van der Waals surface area contributed by atoms with E-state index in [2.05, 4.69) is 21.3 Å². The van der Waals surface area contributed by atoms with Crippen LogP contribution in [-0.4, -0.2) is 64.6 Å². The van der Waals surface area contributed by atoms with Gasteiger partial charge in [-0.25, -0.2) is 4.79 Å². The SMILES string of the molecule is CC(NC(=O)C(Cc1ccccc1)NC(=O)C1CCCN1)C(=O)NC(Cc1ccc(O)cc1)C(=O)O. The van der Waals surface area contributed by atoms with E-state index in [4.69, 9.17) is 0 Å². The highest BCUT2D eigenvalue weighted by molar-refractivity contribution is 5.94. The number of benzene rings is 2. The molecular formula is C26H32N4O6. The van der Waals surface area contributed by atoms with Crippen molar-refractivity contribution in [3.63, 3.8) is 0 Å². The smallest absolute Gasteiger partial charge is 0.326 e. The fraction of sp³-hybridized carbons (Fsp3) is 0.385. The van der Waals surface area contributed by atoms with Crippen molar-refractivity contribution >= 4 is 23.7 Å². The van der Waals surface area contributed by atoms with Gasteiger partial charge in [0.1, 0.15) is 23.9 Å². The zero-order chi connectivity index (χ0) is 26.1. The summed E-state index contributed by atoms with van der Waals surface area (Å²) in [7, 11) is 0. The lowest BCUT2D eigenvalue weighted by atomic mass is 10.0. The summed E-state index contributed by atoms with van der Waals surface area (Å²) in [4.78, 5) is 50.2. The van der Waals surface area contributed by atoms with Crippen molar-refractivity contribution in [3.8, 4) is 5.75 Å². The van der Waals surface area contributed by atoms with Gasteiger partial charge in [-0.1, -0.05) is 42.5 Å². The van der Waals surface area contributed by atoms with Crippen molar-refractivity contribution in [2.75, 3.05) is 6.54 Å². The number of hydrogen-bond acceptors (Lipinski definition) is 6. The van der Waals surface area contributed by atoms with Crippen LogP contribution < -0.4 is 21.3 Å². The number of aliphatic carboxylic acids is 1. The molecule has 10 nitrogen and oxygen atoms in total. The van der Waals surface area contributed by atoms with Crippen LogP contribution in [0.3, 0.4) is 0 Å². The van der Waals surface area contributed by atoms with E-state index in [-0.39, 0.29) is 30.5 Å². The molecule has 2 aromatic carbocycles. The number of aromatic hydroxyl groups is 1. The highest BCUT2D eigenvalue weighted by Gasteiger charge is 2.30. The molecule has 0 spiro atoms. The van der Waals surface area contributed by atoms with Gasteiger partial charge >= 0.3 is 5.97 Å². The van der Waals surface area contributed by atoms with Crippen LogP contribution in [0.15, 0.2) is 54.6 Å². The summed E-state index contributed by atoms with van der Waals surface area (Å²) in [6, 6.07) is 11.7. The lowest BCUT2D eigenvalue weighted by molar-refractivity contribution is -0.142. The maximum Gasteiger partial charge on any atom is 0.326 e. The van der Waals surface area contributed by atoms with Crippen molar-refractivity contribution in [1.29, 1.82) is 0 Å². The highest BCUT2D eigenvalue weighted by Crippen LogP contribution is 2.12. The van der Waals surface area contributed by atoms with E-state index >= 15 is 0 Å². The second kappa shape index (κ2) is 12.7. The van der Waals surface area contributed by atoms with Crippen LogP contribution in [0.5, 0.6) is 5.75 Å². The molecule has 1 aliphatic rings. The molecule has 36 heavy (non-hydrogen) atoms. The Hall–Kier alpha value is -3.92.